The summed E-state index contributed by atoms with van der Waals surface area (Å²) in [5, 5.41) is 10.9. The van der Waals surface area contributed by atoms with Gasteiger partial charge in [0.05, 0.1) is 6.61 Å². The summed E-state index contributed by atoms with van der Waals surface area (Å²) < 4.78 is 19.4. The molecular weight excluding hydrogens is 615 g/mol. The number of primary amides is 1. The van der Waals surface area contributed by atoms with E-state index >= 15 is 0 Å². The first-order chi connectivity index (χ1) is 23.1. The van der Waals surface area contributed by atoms with Crippen LogP contribution < -0.4 is 27.4 Å². The minimum atomic E-state index is -1.11. The van der Waals surface area contributed by atoms with Gasteiger partial charge in [-0.05, 0) is 79.2 Å². The highest BCUT2D eigenvalue weighted by Crippen LogP contribution is 2.19. The molecule has 48 heavy (non-hydrogen) atoms. The van der Waals surface area contributed by atoms with E-state index in [1.54, 1.807) is 0 Å². The first-order valence-electron chi connectivity index (χ1n) is 16.5. The molecule has 4 rings (SSSR count). The van der Waals surface area contributed by atoms with Crippen LogP contribution >= 0.6 is 0 Å². The molecule has 0 aliphatic carbocycles. The molecule has 0 bridgehead atoms. The molecule has 4 atom stereocenters. The SMILES string of the molecule is CN(C(=O)[C@@H](Cc1ccc2ccccc2c1)NC(=O)COC[C@@H]1CCCN1)[C@H](Cc1ccc(F)cc1)C(=O)N[C@@H](CCCCN)C(N)=O. The summed E-state index contributed by atoms with van der Waals surface area (Å²) in [6.45, 7) is 1.49. The third kappa shape index (κ3) is 10.8. The lowest BCUT2D eigenvalue weighted by molar-refractivity contribution is -0.143. The average molecular weight is 663 g/mol. The van der Waals surface area contributed by atoms with Gasteiger partial charge in [0.2, 0.25) is 23.6 Å². The lowest BCUT2D eigenvalue weighted by Gasteiger charge is -2.32. The summed E-state index contributed by atoms with van der Waals surface area (Å²) in [4.78, 5) is 54.7. The maximum absolute atomic E-state index is 14.3. The molecule has 1 saturated heterocycles. The highest BCUT2D eigenvalue weighted by atomic mass is 19.1. The standard InChI is InChI=1S/C36H47FN6O5/c1-43(32(21-24-12-15-28(37)16-13-24)35(46)42-30(34(39)45)10-4-5-17-38)36(47)31(41-33(44)23-48-22-29-9-6-18-40-29)20-25-11-14-26-7-2-3-8-27(26)19-25/h2-3,7-8,11-16,19,29-32,40H,4-6,9-10,17-18,20-23,38H2,1H3,(H2,39,45)(H,41,44)(H,42,46)/t29-,30-,31+,32+/m0/s1. The monoisotopic (exact) mass is 662 g/mol. The average Bonchev–Trinajstić information content (AvgIpc) is 3.60. The van der Waals surface area contributed by atoms with Gasteiger partial charge in [-0.1, -0.05) is 54.6 Å². The number of halogens is 1. The summed E-state index contributed by atoms with van der Waals surface area (Å²) in [5.41, 5.74) is 12.6. The fourth-order valence-corrected chi connectivity index (χ4v) is 5.93. The topological polar surface area (TPSA) is 169 Å². The normalized spacial score (nSPS) is 16.2. The van der Waals surface area contributed by atoms with Crippen molar-refractivity contribution in [3.63, 3.8) is 0 Å². The zero-order valence-corrected chi connectivity index (χ0v) is 27.5. The minimum Gasteiger partial charge on any atom is -0.370 e. The summed E-state index contributed by atoms with van der Waals surface area (Å²) in [6, 6.07) is 16.3. The van der Waals surface area contributed by atoms with Gasteiger partial charge in [-0.15, -0.1) is 0 Å². The number of nitrogens with two attached hydrogens (primary N) is 2. The number of fused-ring (bicyclic) bond motifs is 1. The number of nitrogens with one attached hydrogen (secondary N) is 3. The lowest BCUT2D eigenvalue weighted by Crippen LogP contribution is -2.58. The number of rotatable bonds is 18. The van der Waals surface area contributed by atoms with Crippen molar-refractivity contribution >= 4 is 34.4 Å². The summed E-state index contributed by atoms with van der Waals surface area (Å²) in [6.07, 6.45) is 3.70. The Balaban J connectivity index is 1.57. The number of likely N-dealkylation sites (N-methyl/N-ethyl adjacent to an activating group) is 1. The van der Waals surface area contributed by atoms with E-state index in [0.29, 0.717) is 31.6 Å². The zero-order chi connectivity index (χ0) is 34.5. The second-order valence-corrected chi connectivity index (χ2v) is 12.4. The Hall–Kier alpha value is -4.39. The molecule has 3 aromatic rings. The van der Waals surface area contributed by atoms with Crippen LogP contribution in [0.15, 0.2) is 66.7 Å². The van der Waals surface area contributed by atoms with Gasteiger partial charge in [0.25, 0.3) is 0 Å². The van der Waals surface area contributed by atoms with Gasteiger partial charge in [0.15, 0.2) is 0 Å². The molecule has 4 amide bonds. The largest absolute Gasteiger partial charge is 0.370 e. The Kier molecular flexibility index (Phi) is 13.8. The number of ether oxygens (including phenoxy) is 1. The number of amides is 4. The van der Waals surface area contributed by atoms with Gasteiger partial charge in [0.1, 0.15) is 30.5 Å². The van der Waals surface area contributed by atoms with Crippen molar-refractivity contribution in [2.45, 2.75) is 69.1 Å². The van der Waals surface area contributed by atoms with Crippen molar-refractivity contribution in [3.8, 4) is 0 Å². The van der Waals surface area contributed by atoms with E-state index in [1.165, 1.54) is 36.2 Å². The molecule has 0 saturated carbocycles. The van der Waals surface area contributed by atoms with Crippen molar-refractivity contribution in [1.29, 1.82) is 0 Å². The number of carbonyl (C=O) groups is 4. The molecule has 0 aromatic heterocycles. The van der Waals surface area contributed by atoms with Crippen molar-refractivity contribution in [2.75, 3.05) is 33.4 Å². The minimum absolute atomic E-state index is 0.0246. The van der Waals surface area contributed by atoms with Crippen LogP contribution in [-0.2, 0) is 36.8 Å². The van der Waals surface area contributed by atoms with E-state index < -0.39 is 47.6 Å². The van der Waals surface area contributed by atoms with Crippen LogP contribution in [0.1, 0.15) is 43.2 Å². The highest BCUT2D eigenvalue weighted by molar-refractivity contribution is 5.94. The molecule has 12 heteroatoms. The predicted octanol–water partition coefficient (Wildman–Crippen LogP) is 1.94. The fraction of sp³-hybridized carbons (Fsp3) is 0.444. The fourth-order valence-electron chi connectivity index (χ4n) is 5.93. The summed E-state index contributed by atoms with van der Waals surface area (Å²) in [7, 11) is 1.48. The first-order valence-corrected chi connectivity index (χ1v) is 16.5. The number of unbranched alkanes of at least 4 members (excludes halogenated alkanes) is 1. The van der Waals surface area contributed by atoms with Gasteiger partial charge in [-0.2, -0.15) is 0 Å². The Bertz CT molecular complexity index is 1530. The Labute approximate surface area is 280 Å². The molecule has 1 fully saturated rings. The van der Waals surface area contributed by atoms with Gasteiger partial charge in [0, 0.05) is 25.9 Å². The van der Waals surface area contributed by atoms with Crippen LogP contribution in [0, 0.1) is 5.82 Å². The van der Waals surface area contributed by atoms with E-state index in [-0.39, 0.29) is 31.9 Å². The third-order valence-corrected chi connectivity index (χ3v) is 8.67. The molecule has 0 radical (unpaired) electrons. The van der Waals surface area contributed by atoms with Gasteiger partial charge in [-0.25, -0.2) is 4.39 Å². The predicted molar refractivity (Wildman–Crippen MR) is 182 cm³/mol. The van der Waals surface area contributed by atoms with Crippen molar-refractivity contribution in [2.24, 2.45) is 11.5 Å². The molecule has 0 spiro atoms. The smallest absolute Gasteiger partial charge is 0.246 e. The number of nitrogens with zero attached hydrogens (tertiary/aromatic N) is 1. The first kappa shape index (κ1) is 36.4. The Morgan fingerprint density at radius 2 is 1.69 bits per heavy atom. The van der Waals surface area contributed by atoms with Crippen LogP contribution in [-0.4, -0.2) is 86.0 Å². The Morgan fingerprint density at radius 3 is 2.38 bits per heavy atom. The Morgan fingerprint density at radius 1 is 0.958 bits per heavy atom. The molecule has 11 nitrogen and oxygen atoms in total. The molecule has 1 aliphatic heterocycles. The molecule has 0 unspecified atom stereocenters. The summed E-state index contributed by atoms with van der Waals surface area (Å²) >= 11 is 0. The number of hydrogen-bond acceptors (Lipinski definition) is 7. The third-order valence-electron chi connectivity index (χ3n) is 8.67. The quantitative estimate of drug-likeness (QED) is 0.130. The van der Waals surface area contributed by atoms with Crippen molar-refractivity contribution < 1.29 is 28.3 Å². The van der Waals surface area contributed by atoms with Gasteiger partial charge < -0.3 is 37.1 Å². The molecule has 7 N–H and O–H groups in total. The number of hydrogen-bond donors (Lipinski definition) is 5. The van der Waals surface area contributed by atoms with Crippen LogP contribution in [0.5, 0.6) is 0 Å². The van der Waals surface area contributed by atoms with E-state index in [1.807, 2.05) is 42.5 Å². The molecule has 1 aliphatic rings. The second-order valence-electron chi connectivity index (χ2n) is 12.4. The maximum atomic E-state index is 14.3. The molecular formula is C36H47FN6O5. The van der Waals surface area contributed by atoms with Crippen molar-refractivity contribution in [1.82, 2.24) is 20.9 Å². The van der Waals surface area contributed by atoms with E-state index in [0.717, 1.165) is 35.7 Å². The van der Waals surface area contributed by atoms with Gasteiger partial charge >= 0.3 is 0 Å². The lowest BCUT2D eigenvalue weighted by atomic mass is 9.98. The van der Waals surface area contributed by atoms with Crippen LogP contribution in [0.4, 0.5) is 4.39 Å². The maximum Gasteiger partial charge on any atom is 0.246 e. The number of benzene rings is 3. The second kappa shape index (κ2) is 18.2. The number of carbonyl (C=O) groups excluding carboxylic acids is 4. The highest BCUT2D eigenvalue weighted by Gasteiger charge is 2.34. The zero-order valence-electron chi connectivity index (χ0n) is 27.5. The molecule has 258 valence electrons. The summed E-state index contributed by atoms with van der Waals surface area (Å²) in [5.74, 6) is -2.73. The molecule has 3 aromatic carbocycles. The van der Waals surface area contributed by atoms with Crippen LogP contribution in [0.2, 0.25) is 0 Å². The van der Waals surface area contributed by atoms with Crippen molar-refractivity contribution in [3.05, 3.63) is 83.7 Å². The van der Waals surface area contributed by atoms with E-state index in [4.69, 9.17) is 16.2 Å². The molecule has 1 heterocycles. The van der Waals surface area contributed by atoms with E-state index in [9.17, 15) is 23.6 Å². The van der Waals surface area contributed by atoms with Gasteiger partial charge in [-0.3, -0.25) is 19.2 Å². The van der Waals surface area contributed by atoms with Crippen LogP contribution in [0.25, 0.3) is 10.8 Å². The van der Waals surface area contributed by atoms with E-state index in [2.05, 4.69) is 16.0 Å². The van der Waals surface area contributed by atoms with Crippen LogP contribution in [0.3, 0.4) is 0 Å².